The van der Waals surface area contributed by atoms with Crippen molar-refractivity contribution in [1.29, 1.82) is 0 Å². The fourth-order valence-electron chi connectivity index (χ4n) is 2.74. The molecule has 1 heterocycles. The monoisotopic (exact) mass is 291 g/mol. The summed E-state index contributed by atoms with van der Waals surface area (Å²) in [5.41, 5.74) is 4.56. The number of nitrogens with one attached hydrogen (secondary N) is 2. The van der Waals surface area contributed by atoms with Gasteiger partial charge in [0.1, 0.15) is 0 Å². The van der Waals surface area contributed by atoms with Crippen LogP contribution in [0.4, 0.5) is 0 Å². The van der Waals surface area contributed by atoms with Crippen LogP contribution in [0.1, 0.15) is 29.3 Å². The number of aromatic nitrogens is 2. The Balaban J connectivity index is 1.95. The molecule has 3 heteroatoms. The van der Waals surface area contributed by atoms with Crippen LogP contribution in [-0.2, 0) is 12.1 Å². The van der Waals surface area contributed by atoms with Gasteiger partial charge < -0.3 is 0 Å². The number of hydrogen-bond donors (Lipinski definition) is 2. The average Bonchev–Trinajstić information content (AvgIpc) is 2.99. The molecule has 0 radical (unpaired) electrons. The molecule has 0 spiro atoms. The molecule has 3 aromatic rings. The first-order valence-corrected chi connectivity index (χ1v) is 7.55. The van der Waals surface area contributed by atoms with Gasteiger partial charge in [-0.3, -0.25) is 10.4 Å². The fourth-order valence-corrected chi connectivity index (χ4v) is 2.74. The summed E-state index contributed by atoms with van der Waals surface area (Å²) in [6.45, 7) is 5.04. The Labute approximate surface area is 131 Å². The second-order valence-electron chi connectivity index (χ2n) is 5.73. The van der Waals surface area contributed by atoms with E-state index in [1.165, 1.54) is 16.7 Å². The lowest BCUT2D eigenvalue weighted by molar-refractivity contribution is 0.436. The summed E-state index contributed by atoms with van der Waals surface area (Å²) < 4.78 is 0. The molecule has 3 nitrogen and oxygen atoms in total. The number of nitrogens with zero attached hydrogens (tertiary/aromatic N) is 1. The van der Waals surface area contributed by atoms with E-state index in [9.17, 15) is 0 Å². The number of rotatable bonds is 5. The fraction of sp³-hybridized carbons (Fsp3) is 0.211. The molecule has 2 N–H and O–H groups in total. The second-order valence-corrected chi connectivity index (χ2v) is 5.73. The first-order chi connectivity index (χ1) is 10.7. The first-order valence-electron chi connectivity index (χ1n) is 7.55. The summed E-state index contributed by atoms with van der Waals surface area (Å²) in [4.78, 5) is 0. The van der Waals surface area contributed by atoms with E-state index >= 15 is 0 Å². The summed E-state index contributed by atoms with van der Waals surface area (Å²) in [5.74, 6) is 0. The lowest BCUT2D eigenvalue weighted by Crippen LogP contribution is -2.40. The minimum Gasteiger partial charge on any atom is -0.300 e. The topological polar surface area (TPSA) is 40.7 Å². The van der Waals surface area contributed by atoms with Crippen LogP contribution in [0, 0.1) is 6.92 Å². The minimum absolute atomic E-state index is 0.244. The standard InChI is InChI=1S/C19H21N3/c1-15-16(14-21-22-15)13-20-19(2,17-9-5-3-6-10-17)18-11-7-4-8-12-18/h3-12,14,20H,13H2,1-2H3,(H,21,22). The highest BCUT2D eigenvalue weighted by atomic mass is 15.1. The molecule has 3 rings (SSSR count). The molecule has 1 aromatic heterocycles. The van der Waals surface area contributed by atoms with E-state index in [-0.39, 0.29) is 5.54 Å². The Morgan fingerprint density at radius 2 is 1.50 bits per heavy atom. The maximum atomic E-state index is 4.10. The number of benzene rings is 2. The van der Waals surface area contributed by atoms with Gasteiger partial charge in [0.15, 0.2) is 0 Å². The molecule has 0 bridgehead atoms. The highest BCUT2D eigenvalue weighted by molar-refractivity contribution is 5.37. The largest absolute Gasteiger partial charge is 0.300 e. The normalized spacial score (nSPS) is 11.5. The molecule has 0 amide bonds. The van der Waals surface area contributed by atoms with Crippen molar-refractivity contribution >= 4 is 0 Å². The van der Waals surface area contributed by atoms with Gasteiger partial charge in [-0.2, -0.15) is 5.10 Å². The van der Waals surface area contributed by atoms with Gasteiger partial charge in [0, 0.05) is 17.8 Å². The van der Waals surface area contributed by atoms with E-state index in [2.05, 4.69) is 83.1 Å². The van der Waals surface area contributed by atoms with Gasteiger partial charge >= 0.3 is 0 Å². The van der Waals surface area contributed by atoms with Crippen LogP contribution in [0.3, 0.4) is 0 Å². The van der Waals surface area contributed by atoms with Crippen LogP contribution in [-0.4, -0.2) is 10.2 Å². The number of H-pyrrole nitrogens is 1. The Morgan fingerprint density at radius 1 is 0.955 bits per heavy atom. The average molecular weight is 291 g/mol. The summed E-state index contributed by atoms with van der Waals surface area (Å²) in [5, 5.41) is 10.8. The highest BCUT2D eigenvalue weighted by Crippen LogP contribution is 2.29. The predicted octanol–water partition coefficient (Wildman–Crippen LogP) is 3.77. The van der Waals surface area contributed by atoms with Crippen molar-refractivity contribution in [2.75, 3.05) is 0 Å². The van der Waals surface area contributed by atoms with Gasteiger partial charge in [-0.05, 0) is 25.0 Å². The van der Waals surface area contributed by atoms with Gasteiger partial charge in [0.25, 0.3) is 0 Å². The third kappa shape index (κ3) is 2.81. The maximum absolute atomic E-state index is 4.10. The Kier molecular flexibility index (Phi) is 4.07. The van der Waals surface area contributed by atoms with E-state index < -0.39 is 0 Å². The molecular weight excluding hydrogens is 270 g/mol. The van der Waals surface area contributed by atoms with Crippen molar-refractivity contribution < 1.29 is 0 Å². The zero-order chi connectivity index (χ0) is 15.4. The smallest absolute Gasteiger partial charge is 0.0664 e. The molecule has 0 atom stereocenters. The quantitative estimate of drug-likeness (QED) is 0.751. The molecular formula is C19H21N3. The van der Waals surface area contributed by atoms with Crippen LogP contribution in [0.25, 0.3) is 0 Å². The predicted molar refractivity (Wildman–Crippen MR) is 89.5 cm³/mol. The maximum Gasteiger partial charge on any atom is 0.0664 e. The minimum atomic E-state index is -0.244. The van der Waals surface area contributed by atoms with Gasteiger partial charge in [0.2, 0.25) is 0 Å². The summed E-state index contributed by atoms with van der Waals surface area (Å²) in [6.07, 6.45) is 1.89. The number of hydrogen-bond acceptors (Lipinski definition) is 2. The Hall–Kier alpha value is -2.39. The van der Waals surface area contributed by atoms with Crippen molar-refractivity contribution in [3.8, 4) is 0 Å². The zero-order valence-electron chi connectivity index (χ0n) is 13.0. The second kappa shape index (κ2) is 6.16. The lowest BCUT2D eigenvalue weighted by Gasteiger charge is -2.32. The molecule has 0 aliphatic heterocycles. The number of aryl methyl sites for hydroxylation is 1. The Bertz CT molecular complexity index is 677. The van der Waals surface area contributed by atoms with Crippen molar-refractivity contribution in [1.82, 2.24) is 15.5 Å². The van der Waals surface area contributed by atoms with E-state index in [0.29, 0.717) is 0 Å². The summed E-state index contributed by atoms with van der Waals surface area (Å²) in [6, 6.07) is 21.1. The van der Waals surface area contributed by atoms with Gasteiger partial charge in [-0.1, -0.05) is 60.7 Å². The van der Waals surface area contributed by atoms with Crippen LogP contribution in [0.15, 0.2) is 66.9 Å². The molecule has 0 saturated carbocycles. The third-order valence-electron chi connectivity index (χ3n) is 4.27. The summed E-state index contributed by atoms with van der Waals surface area (Å²) >= 11 is 0. The van der Waals surface area contributed by atoms with Crippen LogP contribution in [0.5, 0.6) is 0 Å². The molecule has 0 unspecified atom stereocenters. The highest BCUT2D eigenvalue weighted by Gasteiger charge is 2.28. The zero-order valence-corrected chi connectivity index (χ0v) is 13.0. The van der Waals surface area contributed by atoms with Gasteiger partial charge in [-0.15, -0.1) is 0 Å². The van der Waals surface area contributed by atoms with Crippen molar-refractivity contribution in [3.05, 3.63) is 89.2 Å². The SMILES string of the molecule is Cc1[nH]ncc1CNC(C)(c1ccccc1)c1ccccc1. The van der Waals surface area contributed by atoms with Crippen molar-refractivity contribution in [2.45, 2.75) is 25.9 Å². The molecule has 112 valence electrons. The van der Waals surface area contributed by atoms with E-state index in [4.69, 9.17) is 0 Å². The van der Waals surface area contributed by atoms with Crippen LogP contribution in [0.2, 0.25) is 0 Å². The van der Waals surface area contributed by atoms with Gasteiger partial charge in [0.05, 0.1) is 11.7 Å². The van der Waals surface area contributed by atoms with Crippen LogP contribution < -0.4 is 5.32 Å². The third-order valence-corrected chi connectivity index (χ3v) is 4.27. The molecule has 22 heavy (non-hydrogen) atoms. The molecule has 0 saturated heterocycles. The molecule has 0 fully saturated rings. The Morgan fingerprint density at radius 3 is 1.95 bits per heavy atom. The van der Waals surface area contributed by atoms with E-state index in [1.807, 2.05) is 13.1 Å². The van der Waals surface area contributed by atoms with E-state index in [1.54, 1.807) is 0 Å². The van der Waals surface area contributed by atoms with Crippen molar-refractivity contribution in [3.63, 3.8) is 0 Å². The van der Waals surface area contributed by atoms with E-state index in [0.717, 1.165) is 12.2 Å². The molecule has 0 aliphatic rings. The first kappa shape index (κ1) is 14.5. The summed E-state index contributed by atoms with van der Waals surface area (Å²) in [7, 11) is 0. The lowest BCUT2D eigenvalue weighted by atomic mass is 9.84. The molecule has 0 aliphatic carbocycles. The molecule has 2 aromatic carbocycles. The van der Waals surface area contributed by atoms with Crippen molar-refractivity contribution in [2.24, 2.45) is 0 Å². The van der Waals surface area contributed by atoms with Crippen LogP contribution >= 0.6 is 0 Å². The number of aromatic amines is 1. The van der Waals surface area contributed by atoms with Gasteiger partial charge in [-0.25, -0.2) is 0 Å².